The van der Waals surface area contributed by atoms with Gasteiger partial charge in [-0.3, -0.25) is 0 Å². The number of aromatic nitrogens is 2. The molecule has 0 aliphatic heterocycles. The second kappa shape index (κ2) is 5.59. The number of hydrogen-bond acceptors (Lipinski definition) is 4. The van der Waals surface area contributed by atoms with Crippen molar-refractivity contribution in [1.29, 1.82) is 0 Å². The highest BCUT2D eigenvalue weighted by Gasteiger charge is 2.08. The van der Waals surface area contributed by atoms with Crippen molar-refractivity contribution >= 4 is 11.3 Å². The summed E-state index contributed by atoms with van der Waals surface area (Å²) in [5, 5.41) is 7.62. The van der Waals surface area contributed by atoms with Gasteiger partial charge in [0.2, 0.25) is 0 Å². The third-order valence-corrected chi connectivity index (χ3v) is 3.74. The summed E-state index contributed by atoms with van der Waals surface area (Å²) in [6, 6.07) is 0.475. The summed E-state index contributed by atoms with van der Waals surface area (Å²) in [7, 11) is 0. The van der Waals surface area contributed by atoms with Gasteiger partial charge in [-0.25, -0.2) is 9.97 Å². The number of aryl methyl sites for hydroxylation is 2. The lowest BCUT2D eigenvalue weighted by molar-refractivity contribution is 0.585. The van der Waals surface area contributed by atoms with Crippen molar-refractivity contribution < 1.29 is 0 Å². The summed E-state index contributed by atoms with van der Waals surface area (Å²) in [6.07, 6.45) is 1.93. The van der Waals surface area contributed by atoms with Gasteiger partial charge in [-0.05, 0) is 24.8 Å². The Morgan fingerprint density at radius 1 is 1.28 bits per heavy atom. The lowest BCUT2D eigenvalue weighted by Gasteiger charge is -2.10. The van der Waals surface area contributed by atoms with Gasteiger partial charge in [0.1, 0.15) is 0 Å². The van der Waals surface area contributed by atoms with E-state index in [1.807, 2.05) is 13.1 Å². The minimum atomic E-state index is 0.475. The van der Waals surface area contributed by atoms with E-state index in [1.165, 1.54) is 11.1 Å². The van der Waals surface area contributed by atoms with E-state index in [-0.39, 0.29) is 0 Å². The fourth-order valence-corrected chi connectivity index (χ4v) is 2.53. The predicted octanol–water partition coefficient (Wildman–Crippen LogP) is 3.32. The molecule has 18 heavy (non-hydrogen) atoms. The zero-order chi connectivity index (χ0) is 13.1. The van der Waals surface area contributed by atoms with Gasteiger partial charge >= 0.3 is 0 Å². The van der Waals surface area contributed by atoms with E-state index >= 15 is 0 Å². The van der Waals surface area contributed by atoms with Crippen LogP contribution in [0.1, 0.15) is 30.7 Å². The standard InChI is InChI=1S/C14H19N3S/c1-9(2)15-5-12-6-16-14(17-11(12)4)13-8-18-7-10(13)3/h6-9,15H,5H2,1-4H3. The quantitative estimate of drug-likeness (QED) is 0.917. The Morgan fingerprint density at radius 3 is 2.61 bits per heavy atom. The van der Waals surface area contributed by atoms with Crippen LogP contribution in [0, 0.1) is 13.8 Å². The van der Waals surface area contributed by atoms with Crippen LogP contribution in [0.4, 0.5) is 0 Å². The minimum Gasteiger partial charge on any atom is -0.310 e. The SMILES string of the molecule is Cc1cscc1-c1ncc(CNC(C)C)c(C)n1. The summed E-state index contributed by atoms with van der Waals surface area (Å²) >= 11 is 1.69. The Hall–Kier alpha value is -1.26. The van der Waals surface area contributed by atoms with Crippen molar-refractivity contribution in [2.45, 2.75) is 40.3 Å². The molecule has 0 bridgehead atoms. The Kier molecular flexibility index (Phi) is 4.09. The molecular formula is C14H19N3S. The molecule has 3 nitrogen and oxygen atoms in total. The van der Waals surface area contributed by atoms with Crippen LogP contribution in [-0.4, -0.2) is 16.0 Å². The van der Waals surface area contributed by atoms with Crippen molar-refractivity contribution in [1.82, 2.24) is 15.3 Å². The normalized spacial score (nSPS) is 11.2. The van der Waals surface area contributed by atoms with E-state index < -0.39 is 0 Å². The summed E-state index contributed by atoms with van der Waals surface area (Å²) < 4.78 is 0. The van der Waals surface area contributed by atoms with Gasteiger partial charge in [0.15, 0.2) is 5.82 Å². The van der Waals surface area contributed by atoms with Gasteiger partial charge in [0.05, 0.1) is 0 Å². The Balaban J connectivity index is 2.22. The van der Waals surface area contributed by atoms with E-state index in [0.717, 1.165) is 23.6 Å². The summed E-state index contributed by atoms with van der Waals surface area (Å²) in [5.41, 5.74) is 4.61. The van der Waals surface area contributed by atoms with Crippen LogP contribution in [0.2, 0.25) is 0 Å². The van der Waals surface area contributed by atoms with E-state index in [2.05, 4.69) is 46.8 Å². The number of nitrogens with zero attached hydrogens (tertiary/aromatic N) is 2. The first kappa shape index (κ1) is 13.2. The van der Waals surface area contributed by atoms with Crippen molar-refractivity contribution in [3.63, 3.8) is 0 Å². The molecule has 2 aromatic heterocycles. The van der Waals surface area contributed by atoms with E-state index in [9.17, 15) is 0 Å². The number of rotatable bonds is 4. The van der Waals surface area contributed by atoms with Gasteiger partial charge < -0.3 is 5.32 Å². The third kappa shape index (κ3) is 2.94. The zero-order valence-electron chi connectivity index (χ0n) is 11.3. The minimum absolute atomic E-state index is 0.475. The molecule has 2 heterocycles. The van der Waals surface area contributed by atoms with Crippen LogP contribution < -0.4 is 5.32 Å². The molecule has 0 saturated heterocycles. The van der Waals surface area contributed by atoms with E-state index in [0.29, 0.717) is 6.04 Å². The Labute approximate surface area is 112 Å². The molecule has 0 aliphatic rings. The zero-order valence-corrected chi connectivity index (χ0v) is 12.1. The lowest BCUT2D eigenvalue weighted by atomic mass is 10.2. The molecule has 0 atom stereocenters. The molecule has 0 spiro atoms. The first-order chi connectivity index (χ1) is 8.58. The van der Waals surface area contributed by atoms with Gasteiger partial charge in [0, 0.05) is 41.0 Å². The van der Waals surface area contributed by atoms with Crippen molar-refractivity contribution in [2.24, 2.45) is 0 Å². The van der Waals surface area contributed by atoms with Crippen molar-refractivity contribution in [3.8, 4) is 11.4 Å². The second-order valence-electron chi connectivity index (χ2n) is 4.81. The van der Waals surface area contributed by atoms with Crippen molar-refractivity contribution in [3.05, 3.63) is 33.8 Å². The molecular weight excluding hydrogens is 242 g/mol. The van der Waals surface area contributed by atoms with Crippen LogP contribution in [0.25, 0.3) is 11.4 Å². The highest BCUT2D eigenvalue weighted by molar-refractivity contribution is 7.08. The van der Waals surface area contributed by atoms with E-state index in [4.69, 9.17) is 0 Å². The molecule has 0 unspecified atom stereocenters. The topological polar surface area (TPSA) is 37.8 Å². The maximum absolute atomic E-state index is 4.61. The molecule has 2 aromatic rings. The average Bonchev–Trinajstić information content (AvgIpc) is 2.73. The molecule has 4 heteroatoms. The molecule has 1 N–H and O–H groups in total. The second-order valence-corrected chi connectivity index (χ2v) is 5.55. The molecule has 0 aromatic carbocycles. The number of nitrogens with one attached hydrogen (secondary N) is 1. The van der Waals surface area contributed by atoms with Gasteiger partial charge in [-0.1, -0.05) is 13.8 Å². The van der Waals surface area contributed by atoms with Crippen LogP contribution >= 0.6 is 11.3 Å². The summed E-state index contributed by atoms with van der Waals surface area (Å²) in [6.45, 7) is 9.24. The largest absolute Gasteiger partial charge is 0.310 e. The molecule has 0 saturated carbocycles. The van der Waals surface area contributed by atoms with Crippen LogP contribution in [0.15, 0.2) is 17.0 Å². The van der Waals surface area contributed by atoms with Crippen LogP contribution in [-0.2, 0) is 6.54 Å². The van der Waals surface area contributed by atoms with Gasteiger partial charge in [0.25, 0.3) is 0 Å². The highest BCUT2D eigenvalue weighted by Crippen LogP contribution is 2.24. The molecule has 0 fully saturated rings. The first-order valence-electron chi connectivity index (χ1n) is 6.17. The van der Waals surface area contributed by atoms with E-state index in [1.54, 1.807) is 11.3 Å². The maximum Gasteiger partial charge on any atom is 0.160 e. The maximum atomic E-state index is 4.61. The van der Waals surface area contributed by atoms with Crippen LogP contribution in [0.3, 0.4) is 0 Å². The average molecular weight is 261 g/mol. The molecule has 0 amide bonds. The molecule has 0 radical (unpaired) electrons. The first-order valence-corrected chi connectivity index (χ1v) is 7.11. The number of thiophene rings is 1. The summed E-state index contributed by atoms with van der Waals surface area (Å²) in [5.74, 6) is 0.833. The Morgan fingerprint density at radius 2 is 2.06 bits per heavy atom. The summed E-state index contributed by atoms with van der Waals surface area (Å²) in [4.78, 5) is 9.09. The fraction of sp³-hybridized carbons (Fsp3) is 0.429. The predicted molar refractivity (Wildman–Crippen MR) is 76.8 cm³/mol. The molecule has 0 aliphatic carbocycles. The molecule has 2 rings (SSSR count). The monoisotopic (exact) mass is 261 g/mol. The van der Waals surface area contributed by atoms with Crippen LogP contribution in [0.5, 0.6) is 0 Å². The van der Waals surface area contributed by atoms with Gasteiger partial charge in [-0.15, -0.1) is 0 Å². The van der Waals surface area contributed by atoms with Crippen molar-refractivity contribution in [2.75, 3.05) is 0 Å². The molecule has 96 valence electrons. The Bertz CT molecular complexity index is 532. The highest BCUT2D eigenvalue weighted by atomic mass is 32.1. The fourth-order valence-electron chi connectivity index (χ4n) is 1.70. The van der Waals surface area contributed by atoms with Gasteiger partial charge in [-0.2, -0.15) is 11.3 Å². The smallest absolute Gasteiger partial charge is 0.160 e. The number of hydrogen-bond donors (Lipinski definition) is 1. The lowest BCUT2D eigenvalue weighted by Crippen LogP contribution is -2.22. The third-order valence-electron chi connectivity index (χ3n) is 2.88.